The van der Waals surface area contributed by atoms with Gasteiger partial charge in [-0.15, -0.1) is 0 Å². The first-order chi connectivity index (χ1) is 9.20. The largest absolute Gasteiger partial charge is 0.497 e. The molecular formula is C15H18N2O2. The third kappa shape index (κ3) is 2.02. The number of aromatic nitrogens is 1. The summed E-state index contributed by atoms with van der Waals surface area (Å²) in [5.74, 6) is 0.772. The number of benzene rings is 1. The number of hydrogen-bond acceptors (Lipinski definition) is 3. The summed E-state index contributed by atoms with van der Waals surface area (Å²) >= 11 is 0. The first-order valence-corrected chi connectivity index (χ1v) is 6.62. The van der Waals surface area contributed by atoms with Crippen molar-refractivity contribution in [1.82, 2.24) is 9.88 Å². The maximum absolute atomic E-state index is 12.5. The number of methoxy groups -OCH3 is 1. The van der Waals surface area contributed by atoms with Gasteiger partial charge < -0.3 is 14.6 Å². The molecule has 0 radical (unpaired) electrons. The topological polar surface area (TPSA) is 43.3 Å². The van der Waals surface area contributed by atoms with Crippen molar-refractivity contribution in [2.75, 3.05) is 13.7 Å². The van der Waals surface area contributed by atoms with Crippen LogP contribution < -0.4 is 15.6 Å². The van der Waals surface area contributed by atoms with Crippen LogP contribution in [0, 0.1) is 0 Å². The Labute approximate surface area is 112 Å². The van der Waals surface area contributed by atoms with Crippen molar-refractivity contribution in [2.45, 2.75) is 18.9 Å². The molecule has 4 nitrogen and oxygen atoms in total. The van der Waals surface area contributed by atoms with E-state index in [2.05, 4.69) is 5.32 Å². The predicted molar refractivity (Wildman–Crippen MR) is 75.7 cm³/mol. The monoisotopic (exact) mass is 258 g/mol. The Bertz CT molecular complexity index is 670. The maximum Gasteiger partial charge on any atom is 0.255 e. The van der Waals surface area contributed by atoms with E-state index in [0.29, 0.717) is 0 Å². The summed E-state index contributed by atoms with van der Waals surface area (Å²) in [4.78, 5) is 12.5. The van der Waals surface area contributed by atoms with Crippen LogP contribution in [0.15, 0.2) is 29.1 Å². The van der Waals surface area contributed by atoms with E-state index in [1.54, 1.807) is 11.7 Å². The Morgan fingerprint density at radius 3 is 2.89 bits per heavy atom. The Morgan fingerprint density at radius 1 is 1.37 bits per heavy atom. The lowest BCUT2D eigenvalue weighted by Gasteiger charge is -2.14. The Morgan fingerprint density at radius 2 is 2.21 bits per heavy atom. The standard InChI is InChI=1S/C15H18N2O2/c1-17-14-9-11(19-2)6-5-10(14)8-12(15(17)18)13-4-3-7-16-13/h5-6,8-9,13,16H,3-4,7H2,1-2H3. The van der Waals surface area contributed by atoms with Crippen LogP contribution in [0.4, 0.5) is 0 Å². The molecule has 1 atom stereocenters. The van der Waals surface area contributed by atoms with Gasteiger partial charge in [-0.1, -0.05) is 0 Å². The van der Waals surface area contributed by atoms with Crippen molar-refractivity contribution in [1.29, 1.82) is 0 Å². The predicted octanol–water partition coefficient (Wildman–Crippen LogP) is 1.97. The average molecular weight is 258 g/mol. The fourth-order valence-corrected chi connectivity index (χ4v) is 2.79. The fourth-order valence-electron chi connectivity index (χ4n) is 2.79. The number of pyridine rings is 1. The van der Waals surface area contributed by atoms with E-state index in [1.807, 2.05) is 31.3 Å². The van der Waals surface area contributed by atoms with Gasteiger partial charge in [0.05, 0.1) is 12.6 Å². The fraction of sp³-hybridized carbons (Fsp3) is 0.400. The van der Waals surface area contributed by atoms with E-state index in [4.69, 9.17) is 4.74 Å². The molecule has 1 aromatic heterocycles. The van der Waals surface area contributed by atoms with Gasteiger partial charge in [-0.25, -0.2) is 0 Å². The number of hydrogen-bond donors (Lipinski definition) is 1. The van der Waals surface area contributed by atoms with Gasteiger partial charge in [0.15, 0.2) is 0 Å². The number of rotatable bonds is 2. The van der Waals surface area contributed by atoms with Crippen LogP contribution in [0.25, 0.3) is 10.9 Å². The lowest BCUT2D eigenvalue weighted by Crippen LogP contribution is -2.27. The molecule has 1 aliphatic rings. The van der Waals surface area contributed by atoms with E-state index in [0.717, 1.165) is 41.6 Å². The molecule has 19 heavy (non-hydrogen) atoms. The van der Waals surface area contributed by atoms with E-state index in [-0.39, 0.29) is 11.6 Å². The van der Waals surface area contributed by atoms with Crippen LogP contribution in [0.2, 0.25) is 0 Å². The lowest BCUT2D eigenvalue weighted by molar-refractivity contribution is 0.415. The zero-order valence-electron chi connectivity index (χ0n) is 11.3. The second kappa shape index (κ2) is 4.70. The van der Waals surface area contributed by atoms with Gasteiger partial charge in [-0.05, 0) is 43.0 Å². The average Bonchev–Trinajstić information content (AvgIpc) is 2.96. The van der Waals surface area contributed by atoms with Crippen LogP contribution in [0.1, 0.15) is 24.4 Å². The zero-order valence-corrected chi connectivity index (χ0v) is 11.3. The summed E-state index contributed by atoms with van der Waals surface area (Å²) in [7, 11) is 3.46. The molecule has 1 saturated heterocycles. The summed E-state index contributed by atoms with van der Waals surface area (Å²) in [5.41, 5.74) is 1.86. The number of nitrogens with one attached hydrogen (secondary N) is 1. The molecule has 1 fully saturated rings. The quantitative estimate of drug-likeness (QED) is 0.895. The summed E-state index contributed by atoms with van der Waals surface area (Å²) in [6.07, 6.45) is 2.17. The molecule has 1 aromatic carbocycles. The minimum atomic E-state index is 0.0835. The molecule has 0 amide bonds. The van der Waals surface area contributed by atoms with Crippen LogP contribution in [0.5, 0.6) is 5.75 Å². The molecule has 3 rings (SSSR count). The van der Waals surface area contributed by atoms with Crippen molar-refractivity contribution < 1.29 is 4.74 Å². The van der Waals surface area contributed by atoms with Crippen molar-refractivity contribution in [3.63, 3.8) is 0 Å². The number of fused-ring (bicyclic) bond motifs is 1. The third-order valence-corrected chi connectivity index (χ3v) is 3.90. The molecule has 0 spiro atoms. The minimum absolute atomic E-state index is 0.0835. The molecular weight excluding hydrogens is 240 g/mol. The van der Waals surface area contributed by atoms with Crippen LogP contribution in [0.3, 0.4) is 0 Å². The number of ether oxygens (including phenoxy) is 1. The van der Waals surface area contributed by atoms with Gasteiger partial charge in [0.2, 0.25) is 0 Å². The van der Waals surface area contributed by atoms with E-state index in [1.165, 1.54) is 0 Å². The lowest BCUT2D eigenvalue weighted by atomic mass is 10.0. The van der Waals surface area contributed by atoms with Crippen molar-refractivity contribution in [3.8, 4) is 5.75 Å². The first kappa shape index (κ1) is 12.2. The molecule has 2 heterocycles. The number of aryl methyl sites for hydroxylation is 1. The molecule has 100 valence electrons. The van der Waals surface area contributed by atoms with Crippen LogP contribution in [-0.2, 0) is 7.05 Å². The van der Waals surface area contributed by atoms with Gasteiger partial charge in [-0.2, -0.15) is 0 Å². The van der Waals surface area contributed by atoms with Crippen molar-refractivity contribution in [2.24, 2.45) is 7.05 Å². The van der Waals surface area contributed by atoms with E-state index in [9.17, 15) is 4.79 Å². The highest BCUT2D eigenvalue weighted by atomic mass is 16.5. The van der Waals surface area contributed by atoms with E-state index < -0.39 is 0 Å². The Hall–Kier alpha value is -1.81. The van der Waals surface area contributed by atoms with Gasteiger partial charge in [0.1, 0.15) is 5.75 Å². The maximum atomic E-state index is 12.5. The molecule has 2 aromatic rings. The molecule has 1 aliphatic heterocycles. The van der Waals surface area contributed by atoms with E-state index >= 15 is 0 Å². The Balaban J connectivity index is 2.21. The van der Waals surface area contributed by atoms with Crippen LogP contribution in [-0.4, -0.2) is 18.2 Å². The normalized spacial score (nSPS) is 18.9. The van der Waals surface area contributed by atoms with Crippen molar-refractivity contribution in [3.05, 3.63) is 40.2 Å². The molecule has 4 heteroatoms. The van der Waals surface area contributed by atoms with Crippen molar-refractivity contribution >= 4 is 10.9 Å². The summed E-state index contributed by atoms with van der Waals surface area (Å²) in [6, 6.07) is 8.05. The van der Waals surface area contributed by atoms with Gasteiger partial charge in [0.25, 0.3) is 5.56 Å². The minimum Gasteiger partial charge on any atom is -0.497 e. The SMILES string of the molecule is COc1ccc2cc(C3CCCN3)c(=O)n(C)c2c1. The highest BCUT2D eigenvalue weighted by Gasteiger charge is 2.20. The zero-order chi connectivity index (χ0) is 13.4. The highest BCUT2D eigenvalue weighted by molar-refractivity contribution is 5.81. The third-order valence-electron chi connectivity index (χ3n) is 3.90. The smallest absolute Gasteiger partial charge is 0.255 e. The van der Waals surface area contributed by atoms with Crippen LogP contribution >= 0.6 is 0 Å². The summed E-state index contributed by atoms with van der Waals surface area (Å²) in [6.45, 7) is 0.995. The first-order valence-electron chi connectivity index (χ1n) is 6.62. The highest BCUT2D eigenvalue weighted by Crippen LogP contribution is 2.25. The molecule has 1 unspecified atom stereocenters. The molecule has 0 saturated carbocycles. The summed E-state index contributed by atoms with van der Waals surface area (Å²) < 4.78 is 6.93. The van der Waals surface area contributed by atoms with Gasteiger partial charge >= 0.3 is 0 Å². The molecule has 1 N–H and O–H groups in total. The molecule has 0 aliphatic carbocycles. The number of nitrogens with zero attached hydrogens (tertiary/aromatic N) is 1. The molecule has 0 bridgehead atoms. The second-order valence-electron chi connectivity index (χ2n) is 5.04. The van der Waals surface area contributed by atoms with Gasteiger partial charge in [-0.3, -0.25) is 4.79 Å². The Kier molecular flexibility index (Phi) is 3.03. The second-order valence-corrected chi connectivity index (χ2v) is 5.04. The van der Waals surface area contributed by atoms with Gasteiger partial charge in [0, 0.05) is 24.7 Å². The summed E-state index contributed by atoms with van der Waals surface area (Å²) in [5, 5.41) is 4.47.